The third-order valence-electron chi connectivity index (χ3n) is 2.96. The van der Waals surface area contributed by atoms with Crippen LogP contribution in [0.1, 0.15) is 24.5 Å². The number of esters is 1. The van der Waals surface area contributed by atoms with Crippen LogP contribution in [0.4, 0.5) is 13.2 Å². The predicted octanol–water partition coefficient (Wildman–Crippen LogP) is 3.30. The van der Waals surface area contributed by atoms with Crippen molar-refractivity contribution in [1.82, 2.24) is 5.32 Å². The van der Waals surface area contributed by atoms with Crippen LogP contribution in [0, 0.1) is 0 Å². The van der Waals surface area contributed by atoms with E-state index in [1.807, 2.05) is 6.92 Å². The topological polar surface area (TPSA) is 38.3 Å². The molecule has 21 heavy (non-hydrogen) atoms. The van der Waals surface area contributed by atoms with Crippen molar-refractivity contribution in [2.75, 3.05) is 13.7 Å². The van der Waals surface area contributed by atoms with Crippen LogP contribution >= 0.6 is 0 Å². The van der Waals surface area contributed by atoms with Gasteiger partial charge in [-0.05, 0) is 18.1 Å². The number of rotatable bonds is 6. The third kappa shape index (κ3) is 5.23. The molecular formula is C15H18F3NO2. The molecule has 0 atom stereocenters. The summed E-state index contributed by atoms with van der Waals surface area (Å²) in [6, 6.07) is 5.41. The number of alkyl halides is 3. The Morgan fingerprint density at radius 1 is 1.33 bits per heavy atom. The highest BCUT2D eigenvalue weighted by molar-refractivity contribution is 5.88. The van der Waals surface area contributed by atoms with Crippen LogP contribution in [-0.4, -0.2) is 19.6 Å². The Hall–Kier alpha value is -1.82. The number of halogens is 3. The maximum Gasteiger partial charge on any atom is 0.416 e. The Balaban J connectivity index is 2.65. The number of hydrogen-bond acceptors (Lipinski definition) is 3. The number of carbonyl (C=O) groups excluding carboxylic acids is 1. The average Bonchev–Trinajstić information content (AvgIpc) is 2.46. The minimum atomic E-state index is -4.37. The fraction of sp³-hybridized carbons (Fsp3) is 0.400. The average molecular weight is 301 g/mol. The maximum absolute atomic E-state index is 12.8. The third-order valence-corrected chi connectivity index (χ3v) is 2.96. The van der Waals surface area contributed by atoms with Gasteiger partial charge < -0.3 is 10.1 Å². The van der Waals surface area contributed by atoms with Crippen molar-refractivity contribution >= 4 is 5.97 Å². The first-order chi connectivity index (χ1) is 9.90. The molecule has 116 valence electrons. The first-order valence-electron chi connectivity index (χ1n) is 6.53. The molecule has 0 aromatic heterocycles. The number of hydrogen-bond donors (Lipinski definition) is 1. The van der Waals surface area contributed by atoms with Crippen molar-refractivity contribution in [3.8, 4) is 0 Å². The molecule has 0 aliphatic heterocycles. The van der Waals surface area contributed by atoms with E-state index >= 15 is 0 Å². The number of ether oxygens (including phenoxy) is 1. The Morgan fingerprint density at radius 3 is 2.57 bits per heavy atom. The standard InChI is InChI=1S/C15H18F3NO2/c1-3-11(14(20)21-2)8-9-19-10-12-6-4-5-7-13(12)15(16,17)18/h4-8,19H,3,9-10H2,1-2H3/b11-8-. The molecule has 1 N–H and O–H groups in total. The first kappa shape index (κ1) is 17.2. The Kier molecular flexibility index (Phi) is 6.42. The van der Waals surface area contributed by atoms with Crippen LogP contribution in [0.25, 0.3) is 0 Å². The minimum absolute atomic E-state index is 0.0738. The van der Waals surface area contributed by atoms with Gasteiger partial charge in [-0.15, -0.1) is 0 Å². The molecule has 1 rings (SSSR count). The number of methoxy groups -OCH3 is 1. The van der Waals surface area contributed by atoms with E-state index in [0.717, 1.165) is 6.07 Å². The van der Waals surface area contributed by atoms with E-state index in [-0.39, 0.29) is 12.1 Å². The molecule has 0 spiro atoms. The SMILES string of the molecule is CC/C(=C/CNCc1ccccc1C(F)(F)F)C(=O)OC. The summed E-state index contributed by atoms with van der Waals surface area (Å²) in [6.07, 6.45) is -2.23. The molecule has 0 saturated carbocycles. The Bertz CT molecular complexity index is 510. The quantitative estimate of drug-likeness (QED) is 0.498. The molecule has 6 heteroatoms. The fourth-order valence-electron chi connectivity index (χ4n) is 1.86. The summed E-state index contributed by atoms with van der Waals surface area (Å²) in [7, 11) is 1.29. The van der Waals surface area contributed by atoms with Crippen molar-refractivity contribution in [2.24, 2.45) is 0 Å². The largest absolute Gasteiger partial charge is 0.466 e. The van der Waals surface area contributed by atoms with Crippen molar-refractivity contribution in [2.45, 2.75) is 26.1 Å². The maximum atomic E-state index is 12.8. The van der Waals surface area contributed by atoms with Gasteiger partial charge in [-0.25, -0.2) is 4.79 Å². The number of benzene rings is 1. The summed E-state index contributed by atoms with van der Waals surface area (Å²) in [4.78, 5) is 11.3. The second kappa shape index (κ2) is 7.83. The van der Waals surface area contributed by atoms with Gasteiger partial charge >= 0.3 is 12.1 Å². The molecule has 3 nitrogen and oxygen atoms in total. The van der Waals surface area contributed by atoms with Gasteiger partial charge in [0.15, 0.2) is 0 Å². The van der Waals surface area contributed by atoms with Crippen LogP contribution in [0.15, 0.2) is 35.9 Å². The van der Waals surface area contributed by atoms with Gasteiger partial charge in [0.1, 0.15) is 0 Å². The predicted molar refractivity (Wildman–Crippen MR) is 73.5 cm³/mol. The summed E-state index contributed by atoms with van der Waals surface area (Å²) >= 11 is 0. The van der Waals surface area contributed by atoms with Gasteiger partial charge in [-0.2, -0.15) is 13.2 Å². The van der Waals surface area contributed by atoms with Gasteiger partial charge in [0, 0.05) is 18.7 Å². The fourth-order valence-corrected chi connectivity index (χ4v) is 1.86. The van der Waals surface area contributed by atoms with Crippen molar-refractivity contribution < 1.29 is 22.7 Å². The van der Waals surface area contributed by atoms with Crippen LogP contribution in [0.3, 0.4) is 0 Å². The second-order valence-electron chi connectivity index (χ2n) is 4.36. The molecule has 1 aromatic carbocycles. The molecule has 0 saturated heterocycles. The molecule has 0 aliphatic carbocycles. The summed E-state index contributed by atoms with van der Waals surface area (Å²) in [5.41, 5.74) is 0.0220. The van der Waals surface area contributed by atoms with E-state index in [0.29, 0.717) is 18.5 Å². The molecule has 0 fully saturated rings. The zero-order chi connectivity index (χ0) is 15.9. The summed E-state index contributed by atoms with van der Waals surface area (Å²) in [6.45, 7) is 2.18. The number of nitrogens with one attached hydrogen (secondary N) is 1. The van der Waals surface area contributed by atoms with E-state index in [4.69, 9.17) is 0 Å². The molecule has 0 unspecified atom stereocenters. The van der Waals surface area contributed by atoms with Crippen LogP contribution in [-0.2, 0) is 22.3 Å². The van der Waals surface area contributed by atoms with E-state index < -0.39 is 17.7 Å². The van der Waals surface area contributed by atoms with Crippen LogP contribution in [0.2, 0.25) is 0 Å². The summed E-state index contributed by atoms with van der Waals surface area (Å²) in [5.74, 6) is -0.421. The van der Waals surface area contributed by atoms with Gasteiger partial charge in [0.25, 0.3) is 0 Å². The molecule has 0 amide bonds. The summed E-state index contributed by atoms with van der Waals surface area (Å²) in [5, 5.41) is 2.87. The van der Waals surface area contributed by atoms with Gasteiger partial charge in [0.2, 0.25) is 0 Å². The van der Waals surface area contributed by atoms with Gasteiger partial charge in [-0.3, -0.25) is 0 Å². The van der Waals surface area contributed by atoms with Crippen LogP contribution < -0.4 is 5.32 Å². The molecule has 0 bridgehead atoms. The highest BCUT2D eigenvalue weighted by atomic mass is 19.4. The number of carbonyl (C=O) groups is 1. The van der Waals surface area contributed by atoms with Crippen molar-refractivity contribution in [3.63, 3.8) is 0 Å². The normalized spacial score (nSPS) is 12.3. The van der Waals surface area contributed by atoms with E-state index in [1.54, 1.807) is 12.1 Å². The van der Waals surface area contributed by atoms with Crippen molar-refractivity contribution in [1.29, 1.82) is 0 Å². The Morgan fingerprint density at radius 2 is 2.00 bits per heavy atom. The zero-order valence-corrected chi connectivity index (χ0v) is 12.0. The Labute approximate surface area is 121 Å². The molecule has 0 radical (unpaired) electrons. The lowest BCUT2D eigenvalue weighted by atomic mass is 10.1. The van der Waals surface area contributed by atoms with Crippen LogP contribution in [0.5, 0.6) is 0 Å². The van der Waals surface area contributed by atoms with E-state index in [2.05, 4.69) is 10.1 Å². The zero-order valence-electron chi connectivity index (χ0n) is 12.0. The molecule has 0 aliphatic rings. The lowest BCUT2D eigenvalue weighted by Gasteiger charge is -2.12. The van der Waals surface area contributed by atoms with Gasteiger partial charge in [0.05, 0.1) is 12.7 Å². The highest BCUT2D eigenvalue weighted by Gasteiger charge is 2.32. The molecular weight excluding hydrogens is 283 g/mol. The van der Waals surface area contributed by atoms with E-state index in [9.17, 15) is 18.0 Å². The van der Waals surface area contributed by atoms with Gasteiger partial charge in [-0.1, -0.05) is 31.2 Å². The lowest BCUT2D eigenvalue weighted by molar-refractivity contribution is -0.138. The monoisotopic (exact) mass is 301 g/mol. The summed E-state index contributed by atoms with van der Waals surface area (Å²) < 4.78 is 43.0. The van der Waals surface area contributed by atoms with E-state index in [1.165, 1.54) is 19.2 Å². The first-order valence-corrected chi connectivity index (χ1v) is 6.53. The van der Waals surface area contributed by atoms with Crippen molar-refractivity contribution in [3.05, 3.63) is 47.0 Å². The minimum Gasteiger partial charge on any atom is -0.466 e. The second-order valence-corrected chi connectivity index (χ2v) is 4.36. The smallest absolute Gasteiger partial charge is 0.416 e. The molecule has 0 heterocycles. The highest BCUT2D eigenvalue weighted by Crippen LogP contribution is 2.31. The molecule has 1 aromatic rings. The lowest BCUT2D eigenvalue weighted by Crippen LogP contribution is -2.18.